The van der Waals surface area contributed by atoms with Crippen LogP contribution in [0.1, 0.15) is 57.8 Å². The minimum absolute atomic E-state index is 0.00882. The molecular formula is C15H27F2NO3. The van der Waals surface area contributed by atoms with Gasteiger partial charge < -0.3 is 15.9 Å². The Morgan fingerprint density at radius 1 is 1.10 bits per heavy atom. The maximum Gasteiger partial charge on any atom is 0.326 e. The zero-order chi connectivity index (χ0) is 16.1. The number of rotatable bonds is 13. The highest BCUT2D eigenvalue weighted by molar-refractivity contribution is 5.78. The van der Waals surface area contributed by atoms with E-state index in [1.54, 1.807) is 0 Å². The molecule has 21 heavy (non-hydrogen) atoms. The average Bonchev–Trinajstić information content (AvgIpc) is 2.43. The van der Waals surface area contributed by atoms with Crippen molar-refractivity contribution in [1.82, 2.24) is 0 Å². The highest BCUT2D eigenvalue weighted by Gasteiger charge is 2.32. The summed E-state index contributed by atoms with van der Waals surface area (Å²) in [5, 5.41) is 17.8. The molecule has 4 N–H and O–H groups in total. The van der Waals surface area contributed by atoms with Gasteiger partial charge in [0.2, 0.25) is 6.43 Å². The van der Waals surface area contributed by atoms with Crippen LogP contribution in [0.3, 0.4) is 0 Å². The Morgan fingerprint density at radius 3 is 2.19 bits per heavy atom. The van der Waals surface area contributed by atoms with E-state index in [4.69, 9.17) is 15.9 Å². The lowest BCUT2D eigenvalue weighted by molar-refractivity contribution is -0.145. The van der Waals surface area contributed by atoms with Gasteiger partial charge in [0.25, 0.3) is 0 Å². The number of carboxylic acids is 1. The molecule has 0 rings (SSSR count). The molecule has 4 nitrogen and oxygen atoms in total. The van der Waals surface area contributed by atoms with Crippen molar-refractivity contribution in [2.24, 2.45) is 5.73 Å². The van der Waals surface area contributed by atoms with Crippen molar-refractivity contribution in [3.63, 3.8) is 0 Å². The van der Waals surface area contributed by atoms with Gasteiger partial charge in [-0.05, 0) is 38.5 Å². The van der Waals surface area contributed by atoms with E-state index in [0.29, 0.717) is 12.8 Å². The van der Waals surface area contributed by atoms with Crippen LogP contribution in [-0.4, -0.2) is 34.8 Å². The average molecular weight is 307 g/mol. The number of halogens is 2. The molecule has 0 aliphatic carbocycles. The number of unbranched alkanes of at least 4 members (excludes halogenated alkanes) is 5. The lowest BCUT2D eigenvalue weighted by Gasteiger charge is -2.21. The van der Waals surface area contributed by atoms with Crippen molar-refractivity contribution in [3.05, 3.63) is 12.2 Å². The number of aliphatic hydroxyl groups is 1. The lowest BCUT2D eigenvalue weighted by atomic mass is 9.95. The number of hydrogen-bond acceptors (Lipinski definition) is 3. The van der Waals surface area contributed by atoms with Crippen LogP contribution in [0.2, 0.25) is 0 Å². The molecule has 0 spiro atoms. The number of nitrogens with two attached hydrogens (primary N) is 1. The van der Waals surface area contributed by atoms with Crippen LogP contribution < -0.4 is 5.73 Å². The van der Waals surface area contributed by atoms with Crippen LogP contribution in [0.15, 0.2) is 12.2 Å². The van der Waals surface area contributed by atoms with Gasteiger partial charge in [0.05, 0.1) is 6.61 Å². The second-order valence-corrected chi connectivity index (χ2v) is 5.37. The third-order valence-electron chi connectivity index (χ3n) is 3.41. The van der Waals surface area contributed by atoms with E-state index in [1.165, 1.54) is 0 Å². The van der Waals surface area contributed by atoms with Crippen molar-refractivity contribution >= 4 is 5.97 Å². The van der Waals surface area contributed by atoms with Crippen molar-refractivity contribution in [2.75, 3.05) is 6.61 Å². The number of aliphatic carboxylic acids is 1. The number of alkyl halides is 2. The Balaban J connectivity index is 3.51. The Hall–Kier alpha value is -1.01. The summed E-state index contributed by atoms with van der Waals surface area (Å²) in [4.78, 5) is 10.8. The Bertz CT molecular complexity index is 311. The molecule has 0 fully saturated rings. The summed E-state index contributed by atoms with van der Waals surface area (Å²) in [7, 11) is 0. The van der Waals surface area contributed by atoms with E-state index in [-0.39, 0.29) is 12.8 Å². The first-order valence-electron chi connectivity index (χ1n) is 7.48. The third-order valence-corrected chi connectivity index (χ3v) is 3.41. The Kier molecular flexibility index (Phi) is 11.1. The summed E-state index contributed by atoms with van der Waals surface area (Å²) in [6, 6.07) is 0. The summed E-state index contributed by atoms with van der Waals surface area (Å²) in [6.45, 7) is -0.565. The summed E-state index contributed by atoms with van der Waals surface area (Å²) in [5.74, 6) is -1.18. The summed E-state index contributed by atoms with van der Waals surface area (Å²) in [6.07, 6.45) is 7.60. The zero-order valence-corrected chi connectivity index (χ0v) is 12.4. The highest BCUT2D eigenvalue weighted by Crippen LogP contribution is 2.13. The van der Waals surface area contributed by atoms with Gasteiger partial charge in [0.1, 0.15) is 5.54 Å². The summed E-state index contributed by atoms with van der Waals surface area (Å²) >= 11 is 0. The predicted octanol–water partition coefficient (Wildman–Crippen LogP) is 3.09. The molecular weight excluding hydrogens is 280 g/mol. The first-order valence-corrected chi connectivity index (χ1v) is 7.48. The number of hydrogen-bond donors (Lipinski definition) is 3. The largest absolute Gasteiger partial charge is 0.480 e. The number of carbonyl (C=O) groups is 1. The molecule has 0 aromatic carbocycles. The van der Waals surface area contributed by atoms with Gasteiger partial charge in [0.15, 0.2) is 0 Å². The molecule has 0 amide bonds. The second-order valence-electron chi connectivity index (χ2n) is 5.37. The van der Waals surface area contributed by atoms with Gasteiger partial charge in [-0.1, -0.05) is 25.0 Å². The fourth-order valence-corrected chi connectivity index (χ4v) is 1.94. The molecule has 0 saturated carbocycles. The Labute approximate surface area is 125 Å². The first kappa shape index (κ1) is 20.0. The number of aliphatic hydroxyl groups excluding tert-OH is 1. The van der Waals surface area contributed by atoms with Crippen molar-refractivity contribution < 1.29 is 23.8 Å². The fourth-order valence-electron chi connectivity index (χ4n) is 1.94. The van der Waals surface area contributed by atoms with E-state index in [9.17, 15) is 13.6 Å². The van der Waals surface area contributed by atoms with Crippen molar-refractivity contribution in [3.8, 4) is 0 Å². The highest BCUT2D eigenvalue weighted by atomic mass is 19.3. The predicted molar refractivity (Wildman–Crippen MR) is 78.3 cm³/mol. The molecule has 0 saturated heterocycles. The first-order chi connectivity index (χ1) is 9.92. The quantitative estimate of drug-likeness (QED) is 0.360. The van der Waals surface area contributed by atoms with Crippen LogP contribution in [0, 0.1) is 0 Å². The van der Waals surface area contributed by atoms with Gasteiger partial charge >= 0.3 is 5.97 Å². The van der Waals surface area contributed by atoms with Crippen LogP contribution in [0.5, 0.6) is 0 Å². The van der Waals surface area contributed by atoms with E-state index in [1.807, 2.05) is 12.2 Å². The molecule has 0 radical (unpaired) electrons. The molecule has 0 bridgehead atoms. The molecule has 0 aliphatic rings. The van der Waals surface area contributed by atoms with E-state index in [2.05, 4.69) is 0 Å². The normalized spacial score (nSPS) is 14.7. The molecule has 1 atom stereocenters. The van der Waals surface area contributed by atoms with Gasteiger partial charge in [-0.15, -0.1) is 0 Å². The SMILES string of the molecule is NC(CO)(CCC/C=C/CCCCCCC(F)F)C(=O)O. The molecule has 0 heterocycles. The molecule has 0 aliphatic heterocycles. The zero-order valence-electron chi connectivity index (χ0n) is 12.4. The lowest BCUT2D eigenvalue weighted by Crippen LogP contribution is -2.51. The van der Waals surface area contributed by atoms with E-state index < -0.39 is 24.5 Å². The second kappa shape index (κ2) is 11.6. The van der Waals surface area contributed by atoms with Crippen molar-refractivity contribution in [1.29, 1.82) is 0 Å². The minimum atomic E-state index is -2.19. The number of allylic oxidation sites excluding steroid dienone is 2. The van der Waals surface area contributed by atoms with Crippen LogP contribution in [-0.2, 0) is 4.79 Å². The molecule has 124 valence electrons. The molecule has 1 unspecified atom stereocenters. The van der Waals surface area contributed by atoms with E-state index >= 15 is 0 Å². The van der Waals surface area contributed by atoms with Crippen LogP contribution >= 0.6 is 0 Å². The molecule has 0 aromatic rings. The standard InChI is InChI=1S/C15H27F2NO3/c16-13(17)10-8-6-4-2-1-3-5-7-9-11-15(18,12-19)14(20)21/h3,5,13,19H,1-2,4,6-12,18H2,(H,20,21)/b5-3+. The molecule has 0 aromatic heterocycles. The Morgan fingerprint density at radius 2 is 1.67 bits per heavy atom. The van der Waals surface area contributed by atoms with Gasteiger partial charge in [-0.3, -0.25) is 4.79 Å². The van der Waals surface area contributed by atoms with Gasteiger partial charge in [-0.2, -0.15) is 0 Å². The maximum atomic E-state index is 11.9. The number of carboxylic acid groups (broad SMARTS) is 1. The van der Waals surface area contributed by atoms with Crippen molar-refractivity contribution in [2.45, 2.75) is 69.8 Å². The van der Waals surface area contributed by atoms with E-state index in [0.717, 1.165) is 32.1 Å². The fraction of sp³-hybridized carbons (Fsp3) is 0.800. The summed E-state index contributed by atoms with van der Waals surface area (Å²) < 4.78 is 23.7. The summed E-state index contributed by atoms with van der Waals surface area (Å²) in [5.41, 5.74) is 4.00. The maximum absolute atomic E-state index is 11.9. The van der Waals surface area contributed by atoms with Gasteiger partial charge in [-0.25, -0.2) is 8.78 Å². The minimum Gasteiger partial charge on any atom is -0.480 e. The van der Waals surface area contributed by atoms with Gasteiger partial charge in [0, 0.05) is 6.42 Å². The third kappa shape index (κ3) is 10.4. The van der Waals surface area contributed by atoms with Crippen LogP contribution in [0.4, 0.5) is 8.78 Å². The topological polar surface area (TPSA) is 83.5 Å². The van der Waals surface area contributed by atoms with Crippen LogP contribution in [0.25, 0.3) is 0 Å². The smallest absolute Gasteiger partial charge is 0.326 e. The molecule has 6 heteroatoms. The monoisotopic (exact) mass is 307 g/mol.